The molecule has 138 valence electrons. The van der Waals surface area contributed by atoms with E-state index in [2.05, 4.69) is 26.8 Å². The van der Waals surface area contributed by atoms with Crippen LogP contribution in [0.15, 0.2) is 11.6 Å². The summed E-state index contributed by atoms with van der Waals surface area (Å²) in [5.74, 6) is 2.23. The zero-order valence-corrected chi connectivity index (χ0v) is 16.1. The predicted molar refractivity (Wildman–Crippen MR) is 96.0 cm³/mol. The molecule has 0 aromatic heterocycles. The van der Waals surface area contributed by atoms with Crippen LogP contribution in [0.5, 0.6) is 0 Å². The Kier molecular flexibility index (Phi) is 3.03. The number of epoxide rings is 1. The molecule has 0 aromatic rings. The molecule has 0 unspecified atom stereocenters. The van der Waals surface area contributed by atoms with Crippen LogP contribution in [0.3, 0.4) is 0 Å². The molecule has 3 heteroatoms. The molecule has 1 N–H and O–H groups in total. The first-order chi connectivity index (χ1) is 11.7. The molecule has 5 aliphatic rings. The number of aliphatic hydroxyl groups is 1. The summed E-state index contributed by atoms with van der Waals surface area (Å²) in [5.41, 5.74) is 1.05. The SMILES string of the molecule is CC(=O)[C@@]12O[C@]1(C)C[C@@H]1[C@@H]3CC=C4C[C@H](O)CC[C@]4(C)[C@@H]3CC[C@@]12C. The van der Waals surface area contributed by atoms with Crippen LogP contribution in [0.25, 0.3) is 0 Å². The Morgan fingerprint density at radius 2 is 1.96 bits per heavy atom. The summed E-state index contributed by atoms with van der Waals surface area (Å²) in [6.07, 6.45) is 9.75. The highest BCUT2D eigenvalue weighted by Crippen LogP contribution is 2.77. The van der Waals surface area contributed by atoms with Gasteiger partial charge in [-0.3, -0.25) is 4.79 Å². The van der Waals surface area contributed by atoms with Gasteiger partial charge in [-0.15, -0.1) is 0 Å². The van der Waals surface area contributed by atoms with Crippen LogP contribution >= 0.6 is 0 Å². The monoisotopic (exact) mass is 344 g/mol. The van der Waals surface area contributed by atoms with E-state index < -0.39 is 5.60 Å². The lowest BCUT2D eigenvalue weighted by molar-refractivity contribution is -0.135. The number of hydrogen-bond acceptors (Lipinski definition) is 3. The summed E-state index contributed by atoms with van der Waals surface area (Å²) in [6, 6.07) is 0. The van der Waals surface area contributed by atoms with Gasteiger partial charge in [0.15, 0.2) is 11.4 Å². The molecule has 0 spiro atoms. The standard InChI is InChI=1S/C22H32O3/c1-13(23)22-20(3)10-8-17-16(18(20)12-21(22,4)25-22)6-5-14-11-15(24)7-9-19(14,17)2/h5,15-18,24H,6-12H2,1-4H3/t15-,16-,17-,18-,19+,20+,21-,22+/m1/s1. The number of carbonyl (C=O) groups excluding carboxylic acids is 1. The number of ketones is 1. The molecule has 1 heterocycles. The molecule has 4 aliphatic carbocycles. The summed E-state index contributed by atoms with van der Waals surface area (Å²) >= 11 is 0. The Labute approximate surface area is 151 Å². The predicted octanol–water partition coefficient (Wildman–Crippen LogP) is 4.04. The van der Waals surface area contributed by atoms with Crippen molar-refractivity contribution in [2.24, 2.45) is 28.6 Å². The van der Waals surface area contributed by atoms with E-state index in [1.807, 2.05) is 0 Å². The van der Waals surface area contributed by atoms with Crippen LogP contribution in [0, 0.1) is 28.6 Å². The van der Waals surface area contributed by atoms with Crippen LogP contribution < -0.4 is 0 Å². The fraction of sp³-hybridized carbons (Fsp3) is 0.864. The number of allylic oxidation sites excluding steroid dienone is 1. The topological polar surface area (TPSA) is 49.8 Å². The van der Waals surface area contributed by atoms with Crippen molar-refractivity contribution in [1.29, 1.82) is 0 Å². The first-order valence-corrected chi connectivity index (χ1v) is 10.3. The Hall–Kier alpha value is -0.670. The number of carbonyl (C=O) groups is 1. The van der Waals surface area contributed by atoms with E-state index in [1.165, 1.54) is 12.0 Å². The third kappa shape index (κ3) is 1.69. The lowest BCUT2D eigenvalue weighted by atomic mass is 9.47. The fourth-order valence-electron chi connectivity index (χ4n) is 8.26. The van der Waals surface area contributed by atoms with Gasteiger partial charge in [0.05, 0.1) is 6.10 Å². The Morgan fingerprint density at radius 3 is 2.68 bits per heavy atom. The van der Waals surface area contributed by atoms with Crippen molar-refractivity contribution in [3.8, 4) is 0 Å². The molecule has 3 saturated carbocycles. The minimum Gasteiger partial charge on any atom is -0.393 e. The van der Waals surface area contributed by atoms with Crippen LogP contribution in [-0.2, 0) is 9.53 Å². The first-order valence-electron chi connectivity index (χ1n) is 10.3. The maximum atomic E-state index is 12.6. The molecule has 25 heavy (non-hydrogen) atoms. The summed E-state index contributed by atoms with van der Waals surface area (Å²) in [5, 5.41) is 10.1. The van der Waals surface area contributed by atoms with Gasteiger partial charge < -0.3 is 9.84 Å². The maximum absolute atomic E-state index is 12.6. The molecule has 1 aliphatic heterocycles. The van der Waals surface area contributed by atoms with Crippen molar-refractivity contribution in [2.45, 2.75) is 89.9 Å². The average Bonchev–Trinajstić information content (AvgIpc) is 3.13. The van der Waals surface area contributed by atoms with E-state index in [0.29, 0.717) is 17.8 Å². The molecule has 0 bridgehead atoms. The summed E-state index contributed by atoms with van der Waals surface area (Å²) in [6.45, 7) is 8.72. The van der Waals surface area contributed by atoms with Crippen LogP contribution in [0.1, 0.15) is 72.6 Å². The average molecular weight is 344 g/mol. The van der Waals surface area contributed by atoms with E-state index in [4.69, 9.17) is 4.74 Å². The Morgan fingerprint density at radius 1 is 1.20 bits per heavy atom. The van der Waals surface area contributed by atoms with Gasteiger partial charge in [0.25, 0.3) is 0 Å². The zero-order valence-electron chi connectivity index (χ0n) is 16.1. The first kappa shape index (κ1) is 16.5. The second kappa shape index (κ2) is 4.59. The van der Waals surface area contributed by atoms with Crippen molar-refractivity contribution < 1.29 is 14.6 Å². The second-order valence-electron chi connectivity index (χ2n) is 10.4. The summed E-state index contributed by atoms with van der Waals surface area (Å²) < 4.78 is 6.19. The van der Waals surface area contributed by atoms with E-state index in [9.17, 15) is 9.90 Å². The number of ether oxygens (including phenoxy) is 1. The molecular weight excluding hydrogens is 312 g/mol. The van der Waals surface area contributed by atoms with Gasteiger partial charge in [0, 0.05) is 5.41 Å². The van der Waals surface area contributed by atoms with Crippen molar-refractivity contribution in [3.05, 3.63) is 11.6 Å². The van der Waals surface area contributed by atoms with Crippen LogP contribution in [-0.4, -0.2) is 28.2 Å². The molecule has 1 saturated heterocycles. The number of rotatable bonds is 1. The van der Waals surface area contributed by atoms with E-state index in [-0.39, 0.29) is 28.3 Å². The molecule has 0 aromatic carbocycles. The second-order valence-corrected chi connectivity index (χ2v) is 10.4. The smallest absolute Gasteiger partial charge is 0.165 e. The molecule has 3 nitrogen and oxygen atoms in total. The van der Waals surface area contributed by atoms with Crippen LogP contribution in [0.4, 0.5) is 0 Å². The van der Waals surface area contributed by atoms with Gasteiger partial charge in [-0.1, -0.05) is 25.5 Å². The van der Waals surface area contributed by atoms with Crippen LogP contribution in [0.2, 0.25) is 0 Å². The summed E-state index contributed by atoms with van der Waals surface area (Å²) in [4.78, 5) is 12.6. The highest BCUT2D eigenvalue weighted by atomic mass is 16.6. The molecule has 8 atom stereocenters. The van der Waals surface area contributed by atoms with Crippen molar-refractivity contribution in [3.63, 3.8) is 0 Å². The van der Waals surface area contributed by atoms with Crippen molar-refractivity contribution >= 4 is 5.78 Å². The highest BCUT2D eigenvalue weighted by Gasteiger charge is 2.85. The lowest BCUT2D eigenvalue weighted by Crippen LogP contribution is -2.54. The third-order valence-corrected chi connectivity index (χ3v) is 9.46. The number of hydrogen-bond donors (Lipinski definition) is 1. The quantitative estimate of drug-likeness (QED) is 0.577. The van der Waals surface area contributed by atoms with Gasteiger partial charge >= 0.3 is 0 Å². The lowest BCUT2D eigenvalue weighted by Gasteiger charge is -2.58. The molecule has 5 rings (SSSR count). The zero-order chi connectivity index (χ0) is 17.8. The number of fused-ring (bicyclic) bond motifs is 7. The molecular formula is C22H32O3. The normalized spacial score (nSPS) is 59.2. The maximum Gasteiger partial charge on any atom is 0.165 e. The number of aliphatic hydroxyl groups excluding tert-OH is 1. The van der Waals surface area contributed by atoms with Gasteiger partial charge in [-0.2, -0.15) is 0 Å². The highest BCUT2D eigenvalue weighted by molar-refractivity contribution is 5.91. The molecule has 0 amide bonds. The van der Waals surface area contributed by atoms with E-state index >= 15 is 0 Å². The van der Waals surface area contributed by atoms with Gasteiger partial charge in [0.2, 0.25) is 0 Å². The van der Waals surface area contributed by atoms with E-state index in [0.717, 1.165) is 38.5 Å². The minimum absolute atomic E-state index is 0.00460. The van der Waals surface area contributed by atoms with Gasteiger partial charge in [-0.25, -0.2) is 0 Å². The largest absolute Gasteiger partial charge is 0.393 e. The van der Waals surface area contributed by atoms with Crippen molar-refractivity contribution in [2.75, 3.05) is 0 Å². The van der Waals surface area contributed by atoms with E-state index in [1.54, 1.807) is 6.92 Å². The fourth-order valence-corrected chi connectivity index (χ4v) is 8.26. The summed E-state index contributed by atoms with van der Waals surface area (Å²) in [7, 11) is 0. The van der Waals surface area contributed by atoms with Gasteiger partial charge in [-0.05, 0) is 82.0 Å². The number of Topliss-reactive ketones (excluding diaryl/α,β-unsaturated/α-hetero) is 1. The Balaban J connectivity index is 1.53. The Bertz CT molecular complexity index is 683. The van der Waals surface area contributed by atoms with Gasteiger partial charge in [0.1, 0.15) is 5.60 Å². The molecule has 4 fully saturated rings. The van der Waals surface area contributed by atoms with Crippen molar-refractivity contribution in [1.82, 2.24) is 0 Å². The molecule has 0 radical (unpaired) electrons. The minimum atomic E-state index is -0.511. The third-order valence-electron chi connectivity index (χ3n) is 9.46.